The fraction of sp³-hybridized carbons (Fsp3) is 0.714. The molecule has 0 amide bonds. The molecule has 0 saturated carbocycles. The van der Waals surface area contributed by atoms with Crippen molar-refractivity contribution in [3.63, 3.8) is 0 Å². The van der Waals surface area contributed by atoms with Crippen LogP contribution in [0.3, 0.4) is 0 Å². The highest BCUT2D eigenvalue weighted by molar-refractivity contribution is 9.10. The summed E-state index contributed by atoms with van der Waals surface area (Å²) in [7, 11) is 0. The summed E-state index contributed by atoms with van der Waals surface area (Å²) in [6.45, 7) is 6.83. The Labute approximate surface area is 123 Å². The van der Waals surface area contributed by atoms with E-state index in [1.54, 1.807) is 0 Å². The molecule has 102 valence electrons. The summed E-state index contributed by atoms with van der Waals surface area (Å²) in [6.07, 6.45) is 3.98. The Hall–Kier alpha value is 0.1000. The number of halogens is 1. The molecule has 1 aromatic rings. The minimum Gasteiger partial charge on any atom is -0.326 e. The molecule has 2 N–H and O–H groups in total. The lowest BCUT2D eigenvalue weighted by Gasteiger charge is -2.39. The molecule has 2 rings (SSSR count). The number of thiophene rings is 1. The molecule has 0 spiro atoms. The molecule has 1 fully saturated rings. The van der Waals surface area contributed by atoms with Gasteiger partial charge in [0, 0.05) is 27.3 Å². The first kappa shape index (κ1) is 14.5. The molecule has 0 aromatic carbocycles. The first-order valence-corrected chi connectivity index (χ1v) is 8.52. The largest absolute Gasteiger partial charge is 0.326 e. The smallest absolute Gasteiger partial charge is 0.0591 e. The van der Waals surface area contributed by atoms with E-state index in [0.717, 1.165) is 5.92 Å². The Balaban J connectivity index is 2.14. The van der Waals surface area contributed by atoms with Crippen molar-refractivity contribution in [2.75, 3.05) is 13.1 Å². The summed E-state index contributed by atoms with van der Waals surface area (Å²) in [4.78, 5) is 3.99. The number of nitrogens with two attached hydrogens (primary N) is 1. The van der Waals surface area contributed by atoms with Crippen LogP contribution in [0, 0.1) is 5.92 Å². The van der Waals surface area contributed by atoms with Gasteiger partial charge in [0.05, 0.1) is 6.04 Å². The molecule has 1 aliphatic rings. The summed E-state index contributed by atoms with van der Waals surface area (Å²) >= 11 is 5.37. The predicted octanol–water partition coefficient (Wildman–Crippen LogP) is 4.02. The molecule has 1 aromatic heterocycles. The molecular formula is C14H23BrN2S. The molecule has 0 radical (unpaired) electrons. The topological polar surface area (TPSA) is 29.3 Å². The second-order valence-electron chi connectivity index (χ2n) is 5.38. The van der Waals surface area contributed by atoms with Gasteiger partial charge in [0.25, 0.3) is 0 Å². The molecule has 18 heavy (non-hydrogen) atoms. The van der Waals surface area contributed by atoms with E-state index in [9.17, 15) is 0 Å². The zero-order chi connectivity index (χ0) is 13.1. The second kappa shape index (κ2) is 6.51. The number of nitrogens with zero attached hydrogens (tertiary/aromatic N) is 1. The first-order valence-electron chi connectivity index (χ1n) is 6.85. The zero-order valence-electron chi connectivity index (χ0n) is 11.2. The molecule has 1 aliphatic heterocycles. The van der Waals surface area contributed by atoms with E-state index < -0.39 is 0 Å². The van der Waals surface area contributed by atoms with Crippen LogP contribution in [-0.4, -0.2) is 24.0 Å². The van der Waals surface area contributed by atoms with Crippen LogP contribution in [0.25, 0.3) is 0 Å². The molecule has 0 bridgehead atoms. The Kier molecular flexibility index (Phi) is 5.24. The summed E-state index contributed by atoms with van der Waals surface area (Å²) in [5.74, 6) is 0.850. The van der Waals surface area contributed by atoms with Crippen LogP contribution in [0.15, 0.2) is 15.9 Å². The lowest BCUT2D eigenvalue weighted by Crippen LogP contribution is -2.44. The van der Waals surface area contributed by atoms with E-state index in [0.29, 0.717) is 6.04 Å². The summed E-state index contributed by atoms with van der Waals surface area (Å²) in [5.41, 5.74) is 6.25. The van der Waals surface area contributed by atoms with E-state index >= 15 is 0 Å². The van der Waals surface area contributed by atoms with Crippen molar-refractivity contribution in [3.8, 4) is 0 Å². The van der Waals surface area contributed by atoms with Crippen molar-refractivity contribution >= 4 is 27.3 Å². The molecule has 4 heteroatoms. The molecule has 3 unspecified atom stereocenters. The second-order valence-corrected chi connectivity index (χ2v) is 7.24. The highest BCUT2D eigenvalue weighted by Gasteiger charge is 2.29. The Morgan fingerprint density at radius 1 is 1.61 bits per heavy atom. The first-order chi connectivity index (χ1) is 8.61. The monoisotopic (exact) mass is 330 g/mol. The molecule has 0 aliphatic carbocycles. The van der Waals surface area contributed by atoms with E-state index in [4.69, 9.17) is 5.73 Å². The Morgan fingerprint density at radius 2 is 2.39 bits per heavy atom. The predicted molar refractivity (Wildman–Crippen MR) is 83.0 cm³/mol. The van der Waals surface area contributed by atoms with Crippen molar-refractivity contribution in [2.45, 2.75) is 45.2 Å². The van der Waals surface area contributed by atoms with Gasteiger partial charge in [-0.1, -0.05) is 13.3 Å². The SMILES string of the molecule is CCC1CCCN(C(c2cc(Br)cs2)C(C)N)C1. The highest BCUT2D eigenvalue weighted by Crippen LogP contribution is 2.34. The number of rotatable bonds is 4. The fourth-order valence-electron chi connectivity index (χ4n) is 2.94. The zero-order valence-corrected chi connectivity index (χ0v) is 13.6. The average Bonchev–Trinajstić information content (AvgIpc) is 2.75. The summed E-state index contributed by atoms with van der Waals surface area (Å²) < 4.78 is 1.18. The van der Waals surface area contributed by atoms with Crippen molar-refractivity contribution in [3.05, 3.63) is 20.8 Å². The lowest BCUT2D eigenvalue weighted by molar-refractivity contribution is 0.110. The number of piperidine rings is 1. The molecule has 3 atom stereocenters. The van der Waals surface area contributed by atoms with Gasteiger partial charge >= 0.3 is 0 Å². The van der Waals surface area contributed by atoms with Crippen LogP contribution in [0.5, 0.6) is 0 Å². The van der Waals surface area contributed by atoms with Crippen LogP contribution in [0.2, 0.25) is 0 Å². The van der Waals surface area contributed by atoms with Gasteiger partial charge in [-0.25, -0.2) is 0 Å². The Bertz CT molecular complexity index is 378. The van der Waals surface area contributed by atoms with Gasteiger partial charge in [-0.15, -0.1) is 11.3 Å². The van der Waals surface area contributed by atoms with E-state index in [1.165, 1.54) is 41.7 Å². The third kappa shape index (κ3) is 3.35. The quantitative estimate of drug-likeness (QED) is 0.903. The van der Waals surface area contributed by atoms with Crippen LogP contribution >= 0.6 is 27.3 Å². The molecular weight excluding hydrogens is 308 g/mol. The minimum absolute atomic E-state index is 0.186. The third-order valence-electron chi connectivity index (χ3n) is 3.90. The van der Waals surface area contributed by atoms with Gasteiger partial charge in [0.1, 0.15) is 0 Å². The van der Waals surface area contributed by atoms with E-state index in [2.05, 4.69) is 46.1 Å². The number of hydrogen-bond donors (Lipinski definition) is 1. The standard InChI is InChI=1S/C14H23BrN2S/c1-3-11-5-4-6-17(8-11)14(10(2)16)13-7-12(15)9-18-13/h7,9-11,14H,3-6,8,16H2,1-2H3. The number of hydrogen-bond acceptors (Lipinski definition) is 3. The van der Waals surface area contributed by atoms with Gasteiger partial charge < -0.3 is 5.73 Å². The maximum atomic E-state index is 6.25. The van der Waals surface area contributed by atoms with E-state index in [-0.39, 0.29) is 6.04 Å². The lowest BCUT2D eigenvalue weighted by atomic mass is 9.93. The van der Waals surface area contributed by atoms with Gasteiger partial charge in [-0.2, -0.15) is 0 Å². The highest BCUT2D eigenvalue weighted by atomic mass is 79.9. The molecule has 1 saturated heterocycles. The van der Waals surface area contributed by atoms with Gasteiger partial charge in [0.2, 0.25) is 0 Å². The van der Waals surface area contributed by atoms with Gasteiger partial charge in [0.15, 0.2) is 0 Å². The van der Waals surface area contributed by atoms with Crippen molar-refractivity contribution in [1.82, 2.24) is 4.90 Å². The normalized spacial score (nSPS) is 25.0. The van der Waals surface area contributed by atoms with Gasteiger partial charge in [-0.3, -0.25) is 4.90 Å². The van der Waals surface area contributed by atoms with Crippen LogP contribution < -0.4 is 5.73 Å². The minimum atomic E-state index is 0.186. The van der Waals surface area contributed by atoms with Crippen molar-refractivity contribution in [2.24, 2.45) is 11.7 Å². The molecule has 2 heterocycles. The summed E-state index contributed by atoms with van der Waals surface area (Å²) in [5, 5.41) is 2.16. The van der Waals surface area contributed by atoms with Crippen LogP contribution in [-0.2, 0) is 0 Å². The van der Waals surface area contributed by atoms with Crippen molar-refractivity contribution in [1.29, 1.82) is 0 Å². The average molecular weight is 331 g/mol. The Morgan fingerprint density at radius 3 is 2.94 bits per heavy atom. The maximum Gasteiger partial charge on any atom is 0.0591 e. The van der Waals surface area contributed by atoms with Gasteiger partial charge in [-0.05, 0) is 54.2 Å². The van der Waals surface area contributed by atoms with Crippen LogP contribution in [0.4, 0.5) is 0 Å². The summed E-state index contributed by atoms with van der Waals surface area (Å²) in [6, 6.07) is 2.80. The third-order valence-corrected chi connectivity index (χ3v) is 5.66. The number of likely N-dealkylation sites (tertiary alicyclic amines) is 1. The maximum absolute atomic E-state index is 6.25. The van der Waals surface area contributed by atoms with Crippen molar-refractivity contribution < 1.29 is 0 Å². The fourth-order valence-corrected chi connectivity index (χ4v) is 4.63. The van der Waals surface area contributed by atoms with E-state index in [1.807, 2.05) is 11.3 Å². The molecule has 2 nitrogen and oxygen atoms in total. The van der Waals surface area contributed by atoms with Crippen LogP contribution in [0.1, 0.15) is 44.0 Å².